The summed E-state index contributed by atoms with van der Waals surface area (Å²) in [6, 6.07) is 6.02. The van der Waals surface area contributed by atoms with E-state index in [2.05, 4.69) is 20.9 Å². The molecule has 16 heavy (non-hydrogen) atoms. The summed E-state index contributed by atoms with van der Waals surface area (Å²) in [5, 5.41) is 0. The van der Waals surface area contributed by atoms with Gasteiger partial charge >= 0.3 is 0 Å². The zero-order valence-corrected chi connectivity index (χ0v) is 9.01. The lowest BCUT2D eigenvalue weighted by molar-refractivity contribution is 0.897. The second-order valence-electron chi connectivity index (χ2n) is 3.96. The van der Waals surface area contributed by atoms with Crippen molar-refractivity contribution in [1.29, 1.82) is 0 Å². The zero-order chi connectivity index (χ0) is 11.1. The van der Waals surface area contributed by atoms with E-state index in [9.17, 15) is 0 Å². The van der Waals surface area contributed by atoms with Gasteiger partial charge in [0.15, 0.2) is 0 Å². The number of aromatic nitrogens is 2. The number of hydrogen-bond donors (Lipinski definition) is 1. The van der Waals surface area contributed by atoms with Crippen molar-refractivity contribution >= 4 is 11.5 Å². The lowest BCUT2D eigenvalue weighted by atomic mass is 10.00. The molecule has 2 aromatic heterocycles. The summed E-state index contributed by atoms with van der Waals surface area (Å²) >= 11 is 0. The predicted molar refractivity (Wildman–Crippen MR) is 64.0 cm³/mol. The molecule has 1 aliphatic rings. The molecule has 3 rings (SSSR count). The Morgan fingerprint density at radius 3 is 3.00 bits per heavy atom. The molecular weight excluding hydrogens is 200 g/mol. The number of hydrogen-bond acceptors (Lipinski definition) is 4. The van der Waals surface area contributed by atoms with Crippen molar-refractivity contribution in [2.75, 3.05) is 17.7 Å². The van der Waals surface area contributed by atoms with Crippen LogP contribution in [0.5, 0.6) is 0 Å². The SMILES string of the molecule is CN1Cc2cccnc2-c2ccnc(N)c21. The van der Waals surface area contributed by atoms with Crippen molar-refractivity contribution in [1.82, 2.24) is 9.97 Å². The lowest BCUT2D eigenvalue weighted by Crippen LogP contribution is -2.23. The summed E-state index contributed by atoms with van der Waals surface area (Å²) in [7, 11) is 2.02. The van der Waals surface area contributed by atoms with Crippen LogP contribution in [-0.4, -0.2) is 17.0 Å². The highest BCUT2D eigenvalue weighted by Gasteiger charge is 2.22. The first-order valence-corrected chi connectivity index (χ1v) is 5.17. The Kier molecular flexibility index (Phi) is 1.83. The maximum absolute atomic E-state index is 5.91. The maximum atomic E-state index is 5.91. The normalized spacial score (nSPS) is 13.2. The van der Waals surface area contributed by atoms with Gasteiger partial charge in [0.25, 0.3) is 0 Å². The summed E-state index contributed by atoms with van der Waals surface area (Å²) < 4.78 is 0. The largest absolute Gasteiger partial charge is 0.382 e. The highest BCUT2D eigenvalue weighted by molar-refractivity contribution is 5.86. The molecule has 3 heterocycles. The van der Waals surface area contributed by atoms with Crippen LogP contribution in [-0.2, 0) is 6.54 Å². The van der Waals surface area contributed by atoms with Crippen molar-refractivity contribution in [2.45, 2.75) is 6.54 Å². The van der Waals surface area contributed by atoms with Gasteiger partial charge in [-0.25, -0.2) is 4.98 Å². The molecule has 0 spiro atoms. The second-order valence-corrected chi connectivity index (χ2v) is 3.96. The summed E-state index contributed by atoms with van der Waals surface area (Å²) in [5.41, 5.74) is 10.2. The van der Waals surface area contributed by atoms with Crippen LogP contribution in [0.3, 0.4) is 0 Å². The topological polar surface area (TPSA) is 55.0 Å². The van der Waals surface area contributed by atoms with Gasteiger partial charge in [-0.05, 0) is 17.7 Å². The molecule has 0 unspecified atom stereocenters. The van der Waals surface area contributed by atoms with Crippen molar-refractivity contribution in [2.24, 2.45) is 0 Å². The number of pyridine rings is 2. The molecule has 1 aliphatic heterocycles. The summed E-state index contributed by atoms with van der Waals surface area (Å²) in [6.45, 7) is 0.825. The number of rotatable bonds is 0. The molecule has 2 N–H and O–H groups in total. The van der Waals surface area contributed by atoms with Crippen molar-refractivity contribution < 1.29 is 0 Å². The fourth-order valence-electron chi connectivity index (χ4n) is 2.21. The van der Waals surface area contributed by atoms with Gasteiger partial charge in [0.1, 0.15) is 5.82 Å². The molecule has 0 fully saturated rings. The number of fused-ring (bicyclic) bond motifs is 3. The lowest BCUT2D eigenvalue weighted by Gasteiger charge is -2.29. The Balaban J connectivity index is 2.33. The van der Waals surface area contributed by atoms with Gasteiger partial charge in [0, 0.05) is 31.5 Å². The third-order valence-corrected chi connectivity index (χ3v) is 2.89. The molecule has 0 saturated heterocycles. The molecule has 0 aromatic carbocycles. The zero-order valence-electron chi connectivity index (χ0n) is 9.01. The van der Waals surface area contributed by atoms with Crippen molar-refractivity contribution in [3.8, 4) is 11.3 Å². The van der Waals surface area contributed by atoms with Crippen LogP contribution in [0.25, 0.3) is 11.3 Å². The highest BCUT2D eigenvalue weighted by atomic mass is 15.1. The molecule has 0 radical (unpaired) electrons. The van der Waals surface area contributed by atoms with Crippen LogP contribution in [0.2, 0.25) is 0 Å². The van der Waals surface area contributed by atoms with E-state index in [0.717, 1.165) is 23.5 Å². The summed E-state index contributed by atoms with van der Waals surface area (Å²) in [4.78, 5) is 10.7. The molecule has 0 atom stereocenters. The quantitative estimate of drug-likeness (QED) is 0.721. The van der Waals surface area contributed by atoms with Crippen LogP contribution < -0.4 is 10.6 Å². The molecule has 4 nitrogen and oxygen atoms in total. The van der Waals surface area contributed by atoms with Gasteiger partial charge in [-0.3, -0.25) is 4.98 Å². The van der Waals surface area contributed by atoms with E-state index in [1.54, 1.807) is 6.20 Å². The second kappa shape index (κ2) is 3.20. The molecule has 80 valence electrons. The number of nitrogen functional groups attached to an aromatic ring is 1. The fraction of sp³-hybridized carbons (Fsp3) is 0.167. The Morgan fingerprint density at radius 2 is 2.12 bits per heavy atom. The molecule has 0 bridgehead atoms. The predicted octanol–water partition coefficient (Wildman–Crippen LogP) is 1.68. The average molecular weight is 212 g/mol. The van der Waals surface area contributed by atoms with E-state index in [0.29, 0.717) is 5.82 Å². The number of nitrogens with zero attached hydrogens (tertiary/aromatic N) is 3. The van der Waals surface area contributed by atoms with Gasteiger partial charge in [0.05, 0.1) is 11.4 Å². The monoisotopic (exact) mass is 212 g/mol. The Hall–Kier alpha value is -2.10. The summed E-state index contributed by atoms with van der Waals surface area (Å²) in [6.07, 6.45) is 3.54. The first-order valence-electron chi connectivity index (χ1n) is 5.17. The first kappa shape index (κ1) is 9.15. The molecule has 0 amide bonds. The van der Waals surface area contributed by atoms with Gasteiger partial charge in [-0.1, -0.05) is 6.07 Å². The standard InChI is InChI=1S/C12H12N4/c1-16-7-8-3-2-5-14-10(8)9-4-6-15-12(13)11(9)16/h2-6H,7H2,1H3,(H2,13,15). The van der Waals surface area contributed by atoms with E-state index in [-0.39, 0.29) is 0 Å². The van der Waals surface area contributed by atoms with Crippen molar-refractivity contribution in [3.63, 3.8) is 0 Å². The highest BCUT2D eigenvalue weighted by Crippen LogP contribution is 2.39. The first-order chi connectivity index (χ1) is 7.77. The van der Waals surface area contributed by atoms with E-state index >= 15 is 0 Å². The van der Waals surface area contributed by atoms with Crippen LogP contribution >= 0.6 is 0 Å². The van der Waals surface area contributed by atoms with Crippen LogP contribution in [0.1, 0.15) is 5.56 Å². The van der Waals surface area contributed by atoms with Crippen molar-refractivity contribution in [3.05, 3.63) is 36.2 Å². The number of nitrogens with two attached hydrogens (primary N) is 1. The van der Waals surface area contributed by atoms with E-state index in [4.69, 9.17) is 5.73 Å². The molecular formula is C12H12N4. The van der Waals surface area contributed by atoms with Gasteiger partial charge in [-0.15, -0.1) is 0 Å². The minimum atomic E-state index is 0.566. The number of anilines is 2. The minimum Gasteiger partial charge on any atom is -0.382 e. The van der Waals surface area contributed by atoms with Gasteiger partial charge in [0.2, 0.25) is 0 Å². The van der Waals surface area contributed by atoms with E-state index in [1.807, 2.05) is 25.4 Å². The Labute approximate surface area is 93.8 Å². The maximum Gasteiger partial charge on any atom is 0.147 e. The van der Waals surface area contributed by atoms with Crippen LogP contribution in [0.15, 0.2) is 30.6 Å². The smallest absolute Gasteiger partial charge is 0.147 e. The molecule has 0 saturated carbocycles. The fourth-order valence-corrected chi connectivity index (χ4v) is 2.21. The third-order valence-electron chi connectivity index (χ3n) is 2.89. The van der Waals surface area contributed by atoms with Crippen LogP contribution in [0.4, 0.5) is 11.5 Å². The van der Waals surface area contributed by atoms with Crippen LogP contribution in [0, 0.1) is 0 Å². The summed E-state index contributed by atoms with van der Waals surface area (Å²) in [5.74, 6) is 0.566. The average Bonchev–Trinajstić information content (AvgIpc) is 2.29. The van der Waals surface area contributed by atoms with Gasteiger partial charge in [-0.2, -0.15) is 0 Å². The van der Waals surface area contributed by atoms with E-state index in [1.165, 1.54) is 5.56 Å². The molecule has 0 aliphatic carbocycles. The third kappa shape index (κ3) is 1.16. The molecule has 4 heteroatoms. The molecule has 2 aromatic rings. The minimum absolute atomic E-state index is 0.566. The Morgan fingerprint density at radius 1 is 1.25 bits per heavy atom. The van der Waals surface area contributed by atoms with Gasteiger partial charge < -0.3 is 10.6 Å². The Bertz CT molecular complexity index is 550. The van der Waals surface area contributed by atoms with E-state index < -0.39 is 0 Å².